The van der Waals surface area contributed by atoms with Gasteiger partial charge >= 0.3 is 0 Å². The maximum absolute atomic E-state index is 2.50. The van der Waals surface area contributed by atoms with Crippen LogP contribution in [0.15, 0.2) is 231 Å². The molecule has 0 spiro atoms. The third kappa shape index (κ3) is 6.07. The maximum atomic E-state index is 2.50. The van der Waals surface area contributed by atoms with Crippen LogP contribution in [0.1, 0.15) is 0 Å². The van der Waals surface area contributed by atoms with E-state index in [-0.39, 0.29) is 0 Å². The van der Waals surface area contributed by atoms with Gasteiger partial charge in [-0.1, -0.05) is 152 Å². The summed E-state index contributed by atoms with van der Waals surface area (Å²) in [6, 6.07) is 84.3. The van der Waals surface area contributed by atoms with Crippen LogP contribution in [0, 0.1) is 0 Å². The molecule has 0 amide bonds. The quantitative estimate of drug-likeness (QED) is 0.151. The van der Waals surface area contributed by atoms with Crippen LogP contribution in [0.4, 0.5) is 34.1 Å². The molecule has 2 nitrogen and oxygen atoms in total. The van der Waals surface area contributed by atoms with Gasteiger partial charge < -0.3 is 9.80 Å². The van der Waals surface area contributed by atoms with Gasteiger partial charge in [0.15, 0.2) is 0 Å². The number of para-hydroxylation sites is 2. The topological polar surface area (TPSA) is 6.48 Å². The molecule has 2 heterocycles. The van der Waals surface area contributed by atoms with E-state index in [1.807, 2.05) is 22.7 Å². The standard InChI is InChI=1S/C58H38N2S2/c1-5-19-39(20-6-1)44-35-36-49(60(42-25-11-4-12-26-42)51-30-18-34-55-58(51)46-28-14-16-32-53(46)62-55)48-38-43(37-47(56(44)48)40-21-7-2-8-22-40)59(41-23-9-3-10-24-41)50-29-17-33-54-57(50)45-27-13-15-31-52(45)61-54/h1-38H. The fourth-order valence-corrected chi connectivity index (χ4v) is 11.6. The number of anilines is 6. The van der Waals surface area contributed by atoms with E-state index in [9.17, 15) is 0 Å². The summed E-state index contributed by atoms with van der Waals surface area (Å²) in [5, 5.41) is 7.43. The first-order valence-corrected chi connectivity index (χ1v) is 22.6. The van der Waals surface area contributed by atoms with Crippen LogP contribution in [0.5, 0.6) is 0 Å². The van der Waals surface area contributed by atoms with Crippen molar-refractivity contribution >= 4 is 108 Å². The van der Waals surface area contributed by atoms with E-state index in [1.54, 1.807) is 0 Å². The highest BCUT2D eigenvalue weighted by atomic mass is 32.1. The lowest BCUT2D eigenvalue weighted by molar-refractivity contribution is 1.30. The number of fused-ring (bicyclic) bond motifs is 7. The zero-order valence-corrected chi connectivity index (χ0v) is 35.3. The minimum absolute atomic E-state index is 1.09. The van der Waals surface area contributed by atoms with E-state index in [0.717, 1.165) is 45.1 Å². The highest BCUT2D eigenvalue weighted by Crippen LogP contribution is 2.52. The minimum atomic E-state index is 1.09. The van der Waals surface area contributed by atoms with Crippen LogP contribution in [0.2, 0.25) is 0 Å². The van der Waals surface area contributed by atoms with E-state index in [2.05, 4.69) is 240 Å². The molecule has 62 heavy (non-hydrogen) atoms. The van der Waals surface area contributed by atoms with Gasteiger partial charge in [0.2, 0.25) is 0 Å². The predicted molar refractivity (Wildman–Crippen MR) is 270 cm³/mol. The van der Waals surface area contributed by atoms with E-state index in [1.165, 1.54) is 62.4 Å². The monoisotopic (exact) mass is 826 g/mol. The molecule has 0 aliphatic heterocycles. The summed E-state index contributed by atoms with van der Waals surface area (Å²) in [5.41, 5.74) is 11.4. The minimum Gasteiger partial charge on any atom is -0.310 e. The Hall–Kier alpha value is -7.50. The summed E-state index contributed by atoms with van der Waals surface area (Å²) in [6.07, 6.45) is 0. The van der Waals surface area contributed by atoms with Crippen LogP contribution in [0.3, 0.4) is 0 Å². The van der Waals surface area contributed by atoms with Gasteiger partial charge in [0.05, 0.1) is 17.1 Å². The Balaban J connectivity index is 1.24. The molecule has 0 N–H and O–H groups in total. The van der Waals surface area contributed by atoms with Gasteiger partial charge in [-0.2, -0.15) is 0 Å². The normalized spacial score (nSPS) is 11.5. The highest BCUT2D eigenvalue weighted by Gasteiger charge is 2.26. The van der Waals surface area contributed by atoms with Crippen molar-refractivity contribution in [3.05, 3.63) is 231 Å². The molecular weight excluding hydrogens is 789 g/mol. The largest absolute Gasteiger partial charge is 0.310 e. The Bertz CT molecular complexity index is 3580. The van der Waals surface area contributed by atoms with Crippen molar-refractivity contribution in [2.24, 2.45) is 0 Å². The van der Waals surface area contributed by atoms with Gasteiger partial charge in [-0.3, -0.25) is 0 Å². The predicted octanol–water partition coefficient (Wildman–Crippen LogP) is 17.8. The van der Waals surface area contributed by atoms with E-state index >= 15 is 0 Å². The first-order valence-electron chi connectivity index (χ1n) is 21.0. The lowest BCUT2D eigenvalue weighted by Gasteiger charge is -2.31. The maximum Gasteiger partial charge on any atom is 0.0555 e. The second-order valence-electron chi connectivity index (χ2n) is 15.6. The summed E-state index contributed by atoms with van der Waals surface area (Å²) in [7, 11) is 0. The third-order valence-electron chi connectivity index (χ3n) is 12.0. The van der Waals surface area contributed by atoms with Crippen LogP contribution >= 0.6 is 22.7 Å². The first kappa shape index (κ1) is 36.4. The third-order valence-corrected chi connectivity index (χ3v) is 14.3. The number of hydrogen-bond donors (Lipinski definition) is 0. The summed E-state index contributed by atoms with van der Waals surface area (Å²) in [6.45, 7) is 0. The fourth-order valence-electron chi connectivity index (χ4n) is 9.36. The smallest absolute Gasteiger partial charge is 0.0555 e. The van der Waals surface area contributed by atoms with Crippen molar-refractivity contribution in [2.45, 2.75) is 0 Å². The van der Waals surface area contributed by atoms with Crippen LogP contribution < -0.4 is 9.80 Å². The molecule has 12 aromatic rings. The molecule has 12 rings (SSSR count). The fraction of sp³-hybridized carbons (Fsp3) is 0. The van der Waals surface area contributed by atoms with E-state index in [4.69, 9.17) is 0 Å². The van der Waals surface area contributed by atoms with Gasteiger partial charge in [0, 0.05) is 62.8 Å². The molecule has 0 unspecified atom stereocenters. The van der Waals surface area contributed by atoms with E-state index in [0.29, 0.717) is 0 Å². The highest BCUT2D eigenvalue weighted by molar-refractivity contribution is 7.26. The van der Waals surface area contributed by atoms with Gasteiger partial charge in [0.25, 0.3) is 0 Å². The van der Waals surface area contributed by atoms with Crippen molar-refractivity contribution in [3.63, 3.8) is 0 Å². The Morgan fingerprint density at radius 3 is 1.27 bits per heavy atom. The van der Waals surface area contributed by atoms with Gasteiger partial charge in [0.1, 0.15) is 0 Å². The van der Waals surface area contributed by atoms with Crippen molar-refractivity contribution in [2.75, 3.05) is 9.80 Å². The molecule has 0 bridgehead atoms. The molecule has 0 aliphatic carbocycles. The van der Waals surface area contributed by atoms with Crippen molar-refractivity contribution in [1.29, 1.82) is 0 Å². The molecular formula is C58H38N2S2. The zero-order valence-electron chi connectivity index (χ0n) is 33.7. The molecule has 0 aliphatic rings. The SMILES string of the molecule is c1ccc(-c2ccc(N(c3ccccc3)c3cccc4sc5ccccc5c34)c3cc(N(c4ccccc4)c4cccc5sc6ccccc6c45)cc(-c4ccccc4)c23)cc1. The molecule has 10 aromatic carbocycles. The Morgan fingerprint density at radius 1 is 0.258 bits per heavy atom. The number of benzene rings is 10. The number of thiophene rings is 2. The second kappa shape index (κ2) is 15.2. The zero-order chi connectivity index (χ0) is 41.0. The Kier molecular flexibility index (Phi) is 8.91. The summed E-state index contributed by atoms with van der Waals surface area (Å²) in [4.78, 5) is 4.98. The molecule has 2 aromatic heterocycles. The Morgan fingerprint density at radius 2 is 0.710 bits per heavy atom. The van der Waals surface area contributed by atoms with Crippen molar-refractivity contribution in [3.8, 4) is 22.3 Å². The molecule has 0 saturated heterocycles. The van der Waals surface area contributed by atoms with E-state index < -0.39 is 0 Å². The summed E-state index contributed by atoms with van der Waals surface area (Å²) >= 11 is 3.72. The molecule has 0 fully saturated rings. The molecule has 0 saturated carbocycles. The molecule has 0 atom stereocenters. The van der Waals surface area contributed by atoms with Crippen molar-refractivity contribution in [1.82, 2.24) is 0 Å². The number of nitrogens with zero attached hydrogens (tertiary/aromatic N) is 2. The lowest BCUT2D eigenvalue weighted by Crippen LogP contribution is -2.13. The van der Waals surface area contributed by atoms with Gasteiger partial charge in [-0.05, 0) is 107 Å². The summed E-state index contributed by atoms with van der Waals surface area (Å²) in [5.74, 6) is 0. The summed E-state index contributed by atoms with van der Waals surface area (Å²) < 4.78 is 5.11. The molecule has 4 heteroatoms. The van der Waals surface area contributed by atoms with Crippen LogP contribution in [-0.2, 0) is 0 Å². The lowest BCUT2D eigenvalue weighted by atomic mass is 9.89. The molecule has 292 valence electrons. The number of rotatable bonds is 8. The Labute approximate surface area is 368 Å². The average Bonchev–Trinajstić information content (AvgIpc) is 3.92. The average molecular weight is 827 g/mol. The van der Waals surface area contributed by atoms with Crippen LogP contribution in [-0.4, -0.2) is 0 Å². The second-order valence-corrected chi connectivity index (χ2v) is 17.8. The van der Waals surface area contributed by atoms with Gasteiger partial charge in [-0.25, -0.2) is 0 Å². The van der Waals surface area contributed by atoms with Crippen molar-refractivity contribution < 1.29 is 0 Å². The van der Waals surface area contributed by atoms with Gasteiger partial charge in [-0.15, -0.1) is 22.7 Å². The number of hydrogen-bond acceptors (Lipinski definition) is 4. The molecule has 0 radical (unpaired) electrons. The van der Waals surface area contributed by atoms with Crippen LogP contribution in [0.25, 0.3) is 73.4 Å². The first-order chi connectivity index (χ1) is 30.8.